The second-order valence-corrected chi connectivity index (χ2v) is 5.76. The van der Waals surface area contributed by atoms with E-state index >= 15 is 0 Å². The van der Waals surface area contributed by atoms with Crippen LogP contribution < -0.4 is 0 Å². The Morgan fingerprint density at radius 1 is 1.37 bits per heavy atom. The summed E-state index contributed by atoms with van der Waals surface area (Å²) in [5.74, 6) is -0.445. The number of hydrogen-bond acceptors (Lipinski definition) is 4. The van der Waals surface area contributed by atoms with E-state index in [2.05, 4.69) is 0 Å². The molecule has 2 rings (SSSR count). The molecule has 1 aliphatic carbocycles. The number of benzene rings is 1. The van der Waals surface area contributed by atoms with E-state index in [1.807, 2.05) is 0 Å². The van der Waals surface area contributed by atoms with Crippen LogP contribution in [0.2, 0.25) is 0 Å². The SMILES string of the molecule is CCOC(=O)c1ccc(S(C)=O)c2c1CCCC2=O. The number of hydrogen-bond donors (Lipinski definition) is 0. The second kappa shape index (κ2) is 5.65. The molecule has 0 heterocycles. The first-order chi connectivity index (χ1) is 9.06. The topological polar surface area (TPSA) is 60.4 Å². The lowest BCUT2D eigenvalue weighted by atomic mass is 9.87. The van der Waals surface area contributed by atoms with Crippen molar-refractivity contribution in [3.05, 3.63) is 28.8 Å². The molecule has 0 N–H and O–H groups in total. The molecule has 1 aromatic carbocycles. The standard InChI is InChI=1S/C14H16O4S/c1-3-18-14(16)10-7-8-12(19(2)17)13-9(10)5-4-6-11(13)15/h7-8H,3-6H2,1-2H3. The Labute approximate surface area is 114 Å². The molecule has 19 heavy (non-hydrogen) atoms. The molecule has 0 bridgehead atoms. The van der Waals surface area contributed by atoms with Crippen molar-refractivity contribution < 1.29 is 18.5 Å². The summed E-state index contributed by atoms with van der Waals surface area (Å²) in [5.41, 5.74) is 1.60. The number of ketones is 1. The third-order valence-electron chi connectivity index (χ3n) is 3.19. The van der Waals surface area contributed by atoms with Crippen LogP contribution in [0, 0.1) is 0 Å². The van der Waals surface area contributed by atoms with Crippen LogP contribution in [0.15, 0.2) is 17.0 Å². The Hall–Kier alpha value is -1.49. The highest BCUT2D eigenvalue weighted by atomic mass is 32.2. The molecule has 1 aliphatic rings. The molecule has 0 aromatic heterocycles. The summed E-state index contributed by atoms with van der Waals surface area (Å²) in [4.78, 5) is 24.5. The molecule has 0 amide bonds. The quantitative estimate of drug-likeness (QED) is 0.796. The molecule has 1 unspecified atom stereocenters. The van der Waals surface area contributed by atoms with Crippen molar-refractivity contribution in [2.24, 2.45) is 0 Å². The zero-order valence-electron chi connectivity index (χ0n) is 11.0. The van der Waals surface area contributed by atoms with Gasteiger partial charge in [-0.25, -0.2) is 4.79 Å². The summed E-state index contributed by atoms with van der Waals surface area (Å²) >= 11 is 0. The van der Waals surface area contributed by atoms with Gasteiger partial charge in [0.1, 0.15) is 0 Å². The maximum atomic E-state index is 12.1. The van der Waals surface area contributed by atoms with Gasteiger partial charge in [-0.1, -0.05) is 0 Å². The Balaban J connectivity index is 2.61. The summed E-state index contributed by atoms with van der Waals surface area (Å²) < 4.78 is 16.7. The lowest BCUT2D eigenvalue weighted by molar-refractivity contribution is 0.0525. The summed E-state index contributed by atoms with van der Waals surface area (Å²) in [7, 11) is -1.24. The molecule has 1 atom stereocenters. The van der Waals surface area contributed by atoms with Crippen molar-refractivity contribution in [1.29, 1.82) is 0 Å². The van der Waals surface area contributed by atoms with Crippen LogP contribution in [-0.4, -0.2) is 28.8 Å². The minimum atomic E-state index is -1.24. The van der Waals surface area contributed by atoms with Gasteiger partial charge >= 0.3 is 5.97 Å². The van der Waals surface area contributed by atoms with Gasteiger partial charge in [-0.3, -0.25) is 9.00 Å². The third kappa shape index (κ3) is 2.61. The van der Waals surface area contributed by atoms with E-state index in [9.17, 15) is 13.8 Å². The smallest absolute Gasteiger partial charge is 0.338 e. The molecule has 5 heteroatoms. The number of rotatable bonds is 3. The molecule has 0 saturated heterocycles. The maximum Gasteiger partial charge on any atom is 0.338 e. The van der Waals surface area contributed by atoms with Crippen molar-refractivity contribution in [1.82, 2.24) is 0 Å². The molecule has 102 valence electrons. The Kier molecular flexibility index (Phi) is 4.14. The van der Waals surface area contributed by atoms with Crippen LogP contribution in [0.1, 0.15) is 46.0 Å². The van der Waals surface area contributed by atoms with E-state index in [0.29, 0.717) is 41.0 Å². The van der Waals surface area contributed by atoms with Crippen LogP contribution in [0.5, 0.6) is 0 Å². The van der Waals surface area contributed by atoms with Crippen LogP contribution in [0.4, 0.5) is 0 Å². The third-order valence-corrected chi connectivity index (χ3v) is 4.15. The highest BCUT2D eigenvalue weighted by Crippen LogP contribution is 2.29. The summed E-state index contributed by atoms with van der Waals surface area (Å²) in [6, 6.07) is 3.22. The van der Waals surface area contributed by atoms with Crippen LogP contribution in [-0.2, 0) is 22.0 Å². The molecule has 0 saturated carbocycles. The zero-order valence-corrected chi connectivity index (χ0v) is 11.8. The normalized spacial score (nSPS) is 15.8. The predicted octanol–water partition coefficient (Wildman–Crippen LogP) is 2.12. The lowest BCUT2D eigenvalue weighted by Gasteiger charge is -2.20. The minimum Gasteiger partial charge on any atom is -0.462 e. The molecule has 0 spiro atoms. The molecule has 4 nitrogen and oxygen atoms in total. The number of carbonyl (C=O) groups is 2. The summed E-state index contributed by atoms with van der Waals surface area (Å²) in [6.07, 6.45) is 3.36. The van der Waals surface area contributed by atoms with Crippen LogP contribution in [0.3, 0.4) is 0 Å². The fourth-order valence-electron chi connectivity index (χ4n) is 2.38. The van der Waals surface area contributed by atoms with Crippen molar-refractivity contribution in [2.75, 3.05) is 12.9 Å². The van der Waals surface area contributed by atoms with Crippen molar-refractivity contribution in [2.45, 2.75) is 31.1 Å². The second-order valence-electron chi connectivity index (χ2n) is 4.42. The molecule has 0 fully saturated rings. The Morgan fingerprint density at radius 3 is 2.74 bits per heavy atom. The van der Waals surface area contributed by atoms with Gasteiger partial charge in [-0.05, 0) is 37.5 Å². The zero-order chi connectivity index (χ0) is 14.0. The largest absolute Gasteiger partial charge is 0.462 e. The van der Waals surface area contributed by atoms with E-state index in [0.717, 1.165) is 6.42 Å². The first kappa shape index (κ1) is 13.9. The first-order valence-corrected chi connectivity index (χ1v) is 7.81. The average Bonchev–Trinajstić information content (AvgIpc) is 2.38. The number of fused-ring (bicyclic) bond motifs is 1. The van der Waals surface area contributed by atoms with Gasteiger partial charge in [0.25, 0.3) is 0 Å². The van der Waals surface area contributed by atoms with Gasteiger partial charge in [0.15, 0.2) is 5.78 Å². The fourth-order valence-corrected chi connectivity index (χ4v) is 3.17. The number of ether oxygens (including phenoxy) is 1. The van der Waals surface area contributed by atoms with Gasteiger partial charge in [-0.2, -0.15) is 0 Å². The van der Waals surface area contributed by atoms with Crippen molar-refractivity contribution in [3.8, 4) is 0 Å². The lowest BCUT2D eigenvalue weighted by Crippen LogP contribution is -2.19. The Bertz CT molecular complexity index is 563. The fraction of sp³-hybridized carbons (Fsp3) is 0.429. The number of carbonyl (C=O) groups excluding carboxylic acids is 2. The van der Waals surface area contributed by atoms with E-state index in [1.54, 1.807) is 25.3 Å². The first-order valence-electron chi connectivity index (χ1n) is 6.25. The summed E-state index contributed by atoms with van der Waals surface area (Å²) in [5, 5.41) is 0. The van der Waals surface area contributed by atoms with Gasteiger partial charge in [0.05, 0.1) is 23.0 Å². The van der Waals surface area contributed by atoms with Gasteiger partial charge in [0, 0.05) is 23.1 Å². The number of esters is 1. The maximum absolute atomic E-state index is 12.1. The molecule has 0 radical (unpaired) electrons. The predicted molar refractivity (Wildman–Crippen MR) is 72.0 cm³/mol. The molecule has 1 aromatic rings. The molecule has 0 aliphatic heterocycles. The van der Waals surface area contributed by atoms with E-state index in [-0.39, 0.29) is 5.78 Å². The number of Topliss-reactive ketones (excluding diaryl/α,β-unsaturated/α-hetero) is 1. The van der Waals surface area contributed by atoms with E-state index in [1.165, 1.54) is 0 Å². The van der Waals surface area contributed by atoms with Gasteiger partial charge in [0.2, 0.25) is 0 Å². The average molecular weight is 280 g/mol. The summed E-state index contributed by atoms with van der Waals surface area (Å²) in [6.45, 7) is 2.04. The minimum absolute atomic E-state index is 0.0300. The van der Waals surface area contributed by atoms with Gasteiger partial charge < -0.3 is 4.74 Å². The van der Waals surface area contributed by atoms with Gasteiger partial charge in [-0.15, -0.1) is 0 Å². The van der Waals surface area contributed by atoms with E-state index in [4.69, 9.17) is 4.74 Å². The van der Waals surface area contributed by atoms with Crippen LogP contribution >= 0.6 is 0 Å². The molecular formula is C14H16O4S. The van der Waals surface area contributed by atoms with Crippen molar-refractivity contribution >= 4 is 22.6 Å². The highest BCUT2D eigenvalue weighted by Gasteiger charge is 2.27. The highest BCUT2D eigenvalue weighted by molar-refractivity contribution is 7.84. The van der Waals surface area contributed by atoms with E-state index < -0.39 is 16.8 Å². The Morgan fingerprint density at radius 2 is 2.11 bits per heavy atom. The monoisotopic (exact) mass is 280 g/mol. The van der Waals surface area contributed by atoms with Crippen LogP contribution in [0.25, 0.3) is 0 Å². The van der Waals surface area contributed by atoms with Crippen molar-refractivity contribution in [3.63, 3.8) is 0 Å². The molecular weight excluding hydrogens is 264 g/mol.